The molecule has 2 aliphatic heterocycles. The summed E-state index contributed by atoms with van der Waals surface area (Å²) in [4.78, 5) is 17.2. The second-order valence-corrected chi connectivity index (χ2v) is 9.48. The van der Waals surface area contributed by atoms with E-state index < -0.39 is 0 Å². The summed E-state index contributed by atoms with van der Waals surface area (Å²) in [6, 6.07) is 19.5. The van der Waals surface area contributed by atoms with Gasteiger partial charge in [-0.15, -0.1) is 0 Å². The van der Waals surface area contributed by atoms with E-state index in [1.807, 2.05) is 23.1 Å². The highest BCUT2D eigenvalue weighted by Crippen LogP contribution is 2.29. The minimum atomic E-state index is -0.204. The Morgan fingerprint density at radius 2 is 1.55 bits per heavy atom. The summed E-state index contributed by atoms with van der Waals surface area (Å²) in [6.07, 6.45) is 5.77. The number of nitrogens with zero attached hydrogens (tertiary/aromatic N) is 2. The first-order valence-electron chi connectivity index (χ1n) is 12.2. The molecule has 0 spiro atoms. The molecule has 3 aromatic carbocycles. The van der Waals surface area contributed by atoms with Crippen molar-refractivity contribution in [3.05, 3.63) is 77.6 Å². The first-order chi connectivity index (χ1) is 16.1. The highest BCUT2D eigenvalue weighted by atomic mass is 19.1. The third-order valence-electron chi connectivity index (χ3n) is 7.13. The zero-order valence-corrected chi connectivity index (χ0v) is 19.1. The van der Waals surface area contributed by atoms with Crippen LogP contribution < -0.4 is 5.32 Å². The van der Waals surface area contributed by atoms with Crippen molar-refractivity contribution in [1.29, 1.82) is 0 Å². The Morgan fingerprint density at radius 3 is 2.30 bits per heavy atom. The number of piperidine rings is 2. The SMILES string of the molecule is O=C(Nc1ccc2cc(CN3CCCCC3)ccc2c1)N1CCC(c2ccc(F)cc2)CC1. The van der Waals surface area contributed by atoms with Crippen LogP contribution in [0.2, 0.25) is 0 Å². The van der Waals surface area contributed by atoms with Crippen LogP contribution in [0.4, 0.5) is 14.9 Å². The van der Waals surface area contributed by atoms with Gasteiger partial charge in [0.2, 0.25) is 0 Å². The Morgan fingerprint density at radius 1 is 0.848 bits per heavy atom. The van der Waals surface area contributed by atoms with E-state index >= 15 is 0 Å². The molecule has 2 heterocycles. The van der Waals surface area contributed by atoms with Gasteiger partial charge in [0, 0.05) is 25.3 Å². The molecule has 2 fully saturated rings. The number of rotatable bonds is 4. The minimum Gasteiger partial charge on any atom is -0.324 e. The molecule has 33 heavy (non-hydrogen) atoms. The van der Waals surface area contributed by atoms with Crippen molar-refractivity contribution in [3.8, 4) is 0 Å². The lowest BCUT2D eigenvalue weighted by Gasteiger charge is -2.32. The molecular weight excluding hydrogens is 413 g/mol. The summed E-state index contributed by atoms with van der Waals surface area (Å²) in [5.74, 6) is 0.179. The van der Waals surface area contributed by atoms with Crippen LogP contribution in [-0.2, 0) is 6.54 Å². The van der Waals surface area contributed by atoms with Gasteiger partial charge in [0.25, 0.3) is 0 Å². The van der Waals surface area contributed by atoms with Crippen molar-refractivity contribution in [2.24, 2.45) is 0 Å². The summed E-state index contributed by atoms with van der Waals surface area (Å²) < 4.78 is 13.2. The molecular formula is C28H32FN3O. The highest BCUT2D eigenvalue weighted by molar-refractivity contribution is 5.93. The zero-order chi connectivity index (χ0) is 22.6. The summed E-state index contributed by atoms with van der Waals surface area (Å²) >= 11 is 0. The molecule has 5 rings (SSSR count). The standard InChI is InChI=1S/C28H32FN3O/c29-26-9-6-22(7-10-26)23-12-16-32(17-13-23)28(33)30-27-11-8-24-18-21(4-5-25(24)19-27)20-31-14-2-1-3-15-31/h4-11,18-19,23H,1-3,12-17,20H2,(H,30,33). The van der Waals surface area contributed by atoms with Gasteiger partial charge in [0.15, 0.2) is 0 Å². The maximum Gasteiger partial charge on any atom is 0.321 e. The summed E-state index contributed by atoms with van der Waals surface area (Å²) in [7, 11) is 0. The van der Waals surface area contributed by atoms with Crippen LogP contribution in [0, 0.1) is 5.82 Å². The Bertz CT molecular complexity index is 1100. The molecule has 0 saturated carbocycles. The maximum absolute atomic E-state index is 13.2. The molecule has 2 saturated heterocycles. The number of hydrogen-bond donors (Lipinski definition) is 1. The van der Waals surface area contributed by atoms with Gasteiger partial charge < -0.3 is 10.2 Å². The number of carbonyl (C=O) groups is 1. The molecule has 0 aromatic heterocycles. The monoisotopic (exact) mass is 445 g/mol. The predicted molar refractivity (Wildman–Crippen MR) is 132 cm³/mol. The number of fused-ring (bicyclic) bond motifs is 1. The van der Waals surface area contributed by atoms with Crippen molar-refractivity contribution < 1.29 is 9.18 Å². The fourth-order valence-electron chi connectivity index (χ4n) is 5.20. The third kappa shape index (κ3) is 5.36. The van der Waals surface area contributed by atoms with Gasteiger partial charge >= 0.3 is 6.03 Å². The molecule has 0 unspecified atom stereocenters. The molecule has 172 valence electrons. The zero-order valence-electron chi connectivity index (χ0n) is 19.1. The smallest absolute Gasteiger partial charge is 0.321 e. The van der Waals surface area contributed by atoms with E-state index in [0.717, 1.165) is 36.0 Å². The number of hydrogen-bond acceptors (Lipinski definition) is 2. The Hall–Kier alpha value is -2.92. The van der Waals surface area contributed by atoms with Gasteiger partial charge in [-0.1, -0.05) is 36.8 Å². The molecule has 0 radical (unpaired) electrons. The van der Waals surface area contributed by atoms with Gasteiger partial charge in [-0.3, -0.25) is 4.90 Å². The fourth-order valence-corrected chi connectivity index (χ4v) is 5.20. The highest BCUT2D eigenvalue weighted by Gasteiger charge is 2.24. The van der Waals surface area contributed by atoms with Crippen LogP contribution in [0.3, 0.4) is 0 Å². The van der Waals surface area contributed by atoms with E-state index in [1.54, 1.807) is 0 Å². The first kappa shape index (κ1) is 21.9. The number of benzene rings is 3. The maximum atomic E-state index is 13.2. The van der Waals surface area contributed by atoms with Crippen molar-refractivity contribution in [2.45, 2.75) is 44.6 Å². The molecule has 0 bridgehead atoms. The third-order valence-corrected chi connectivity index (χ3v) is 7.13. The average Bonchev–Trinajstić information content (AvgIpc) is 2.85. The van der Waals surface area contributed by atoms with Crippen molar-refractivity contribution in [1.82, 2.24) is 9.80 Å². The quantitative estimate of drug-likeness (QED) is 0.506. The van der Waals surface area contributed by atoms with Crippen molar-refractivity contribution in [3.63, 3.8) is 0 Å². The van der Waals surface area contributed by atoms with Crippen LogP contribution in [0.25, 0.3) is 10.8 Å². The van der Waals surface area contributed by atoms with Crippen molar-refractivity contribution >= 4 is 22.5 Å². The minimum absolute atomic E-state index is 0.0476. The van der Waals surface area contributed by atoms with Gasteiger partial charge in [-0.25, -0.2) is 9.18 Å². The van der Waals surface area contributed by atoms with E-state index in [1.165, 1.54) is 55.4 Å². The van der Waals surface area contributed by atoms with E-state index in [9.17, 15) is 9.18 Å². The van der Waals surface area contributed by atoms with E-state index in [4.69, 9.17) is 0 Å². The van der Waals surface area contributed by atoms with Crippen LogP contribution in [-0.4, -0.2) is 42.0 Å². The Labute approximate surface area is 195 Å². The number of urea groups is 1. The molecule has 4 nitrogen and oxygen atoms in total. The van der Waals surface area contributed by atoms with E-state index in [2.05, 4.69) is 40.5 Å². The topological polar surface area (TPSA) is 35.6 Å². The number of halogens is 1. The number of carbonyl (C=O) groups excluding carboxylic acids is 1. The Kier molecular flexibility index (Phi) is 6.58. The summed E-state index contributed by atoms with van der Waals surface area (Å²) in [5.41, 5.74) is 3.34. The first-order valence-corrected chi connectivity index (χ1v) is 12.2. The Balaban J connectivity index is 1.18. The lowest BCUT2D eigenvalue weighted by atomic mass is 9.89. The van der Waals surface area contributed by atoms with Gasteiger partial charge in [-0.05, 0) is 96.9 Å². The second kappa shape index (κ2) is 9.92. The summed E-state index contributed by atoms with van der Waals surface area (Å²) in [5, 5.41) is 5.43. The molecule has 2 amide bonds. The lowest BCUT2D eigenvalue weighted by Crippen LogP contribution is -2.40. The summed E-state index contributed by atoms with van der Waals surface area (Å²) in [6.45, 7) is 4.83. The van der Waals surface area contributed by atoms with Gasteiger partial charge in [0.05, 0.1) is 0 Å². The van der Waals surface area contributed by atoms with Gasteiger partial charge in [0.1, 0.15) is 5.82 Å². The molecule has 0 aliphatic carbocycles. The van der Waals surface area contributed by atoms with Crippen LogP contribution in [0.15, 0.2) is 60.7 Å². The van der Waals surface area contributed by atoms with Crippen LogP contribution in [0.1, 0.15) is 49.1 Å². The van der Waals surface area contributed by atoms with E-state index in [-0.39, 0.29) is 11.8 Å². The van der Waals surface area contributed by atoms with Crippen LogP contribution >= 0.6 is 0 Å². The lowest BCUT2D eigenvalue weighted by molar-refractivity contribution is 0.194. The predicted octanol–water partition coefficient (Wildman–Crippen LogP) is 6.38. The van der Waals surface area contributed by atoms with Crippen molar-refractivity contribution in [2.75, 3.05) is 31.5 Å². The average molecular weight is 446 g/mol. The molecule has 2 aliphatic rings. The van der Waals surface area contributed by atoms with E-state index in [0.29, 0.717) is 19.0 Å². The molecule has 1 N–H and O–H groups in total. The number of nitrogens with one attached hydrogen (secondary N) is 1. The molecule has 0 atom stereocenters. The van der Waals surface area contributed by atoms with Crippen LogP contribution in [0.5, 0.6) is 0 Å². The molecule has 3 aromatic rings. The number of amides is 2. The molecule has 5 heteroatoms. The number of anilines is 1. The fraction of sp³-hybridized carbons (Fsp3) is 0.393. The second-order valence-electron chi connectivity index (χ2n) is 9.48. The normalized spacial score (nSPS) is 17.9. The number of likely N-dealkylation sites (tertiary alicyclic amines) is 2. The largest absolute Gasteiger partial charge is 0.324 e. The van der Waals surface area contributed by atoms with Gasteiger partial charge in [-0.2, -0.15) is 0 Å².